The number of quaternary nitrogens is 1. The fourth-order valence-corrected chi connectivity index (χ4v) is 1.25. The van der Waals surface area contributed by atoms with Gasteiger partial charge in [0.05, 0.1) is 26.7 Å². The van der Waals surface area contributed by atoms with Crippen LogP contribution >= 0.6 is 0 Å². The highest BCUT2D eigenvalue weighted by Crippen LogP contribution is 2.24. The van der Waals surface area contributed by atoms with E-state index >= 15 is 0 Å². The monoisotopic (exact) mass is 202 g/mol. The summed E-state index contributed by atoms with van der Waals surface area (Å²) in [5.41, 5.74) is 0.287. The molecule has 0 saturated heterocycles. The van der Waals surface area contributed by atoms with Gasteiger partial charge in [-0.15, -0.1) is 0 Å². The standard InChI is InChI=1S/C10H13F2NO/c1-13(2,3)6-7-4-8(11)5-9(12)10(7)14/h4-5H,6H2,1-3H3/p+1. The van der Waals surface area contributed by atoms with Crippen molar-refractivity contribution in [3.63, 3.8) is 0 Å². The average molecular weight is 202 g/mol. The minimum atomic E-state index is -0.909. The van der Waals surface area contributed by atoms with Crippen LogP contribution in [0.3, 0.4) is 0 Å². The van der Waals surface area contributed by atoms with E-state index in [0.29, 0.717) is 17.1 Å². The van der Waals surface area contributed by atoms with Gasteiger partial charge in [-0.25, -0.2) is 8.78 Å². The van der Waals surface area contributed by atoms with Gasteiger partial charge in [-0.2, -0.15) is 0 Å². The quantitative estimate of drug-likeness (QED) is 0.726. The normalized spacial score (nSPS) is 11.8. The van der Waals surface area contributed by atoms with Gasteiger partial charge < -0.3 is 9.59 Å². The summed E-state index contributed by atoms with van der Waals surface area (Å²) in [4.78, 5) is 0. The van der Waals surface area contributed by atoms with E-state index in [1.54, 1.807) is 0 Å². The van der Waals surface area contributed by atoms with E-state index in [9.17, 15) is 13.9 Å². The number of halogens is 2. The Labute approximate surface area is 82.0 Å². The molecule has 0 spiro atoms. The van der Waals surface area contributed by atoms with Crippen molar-refractivity contribution in [1.82, 2.24) is 0 Å². The fourth-order valence-electron chi connectivity index (χ4n) is 1.25. The van der Waals surface area contributed by atoms with E-state index in [4.69, 9.17) is 0 Å². The van der Waals surface area contributed by atoms with Crippen LogP contribution in [0.4, 0.5) is 8.78 Å². The zero-order valence-corrected chi connectivity index (χ0v) is 8.51. The first-order valence-corrected chi connectivity index (χ1v) is 4.27. The lowest BCUT2D eigenvalue weighted by Gasteiger charge is -2.24. The molecule has 1 rings (SSSR count). The number of hydrogen-bond donors (Lipinski definition) is 1. The summed E-state index contributed by atoms with van der Waals surface area (Å²) in [5, 5.41) is 9.33. The fraction of sp³-hybridized carbons (Fsp3) is 0.400. The zero-order valence-electron chi connectivity index (χ0n) is 8.51. The summed E-state index contributed by atoms with van der Waals surface area (Å²) in [6, 6.07) is 1.83. The highest BCUT2D eigenvalue weighted by Gasteiger charge is 2.16. The SMILES string of the molecule is C[N+](C)(C)Cc1cc(F)cc(F)c1O. The molecule has 4 heteroatoms. The molecule has 0 aliphatic carbocycles. The average Bonchev–Trinajstić information content (AvgIpc) is 1.96. The second-order valence-electron chi connectivity index (χ2n) is 4.34. The Hall–Kier alpha value is -1.16. The number of rotatable bonds is 2. The molecule has 0 atom stereocenters. The third-order valence-electron chi connectivity index (χ3n) is 1.75. The number of hydrogen-bond acceptors (Lipinski definition) is 1. The summed E-state index contributed by atoms with van der Waals surface area (Å²) < 4.78 is 26.2. The maximum Gasteiger partial charge on any atom is 0.168 e. The number of phenols is 1. The van der Waals surface area contributed by atoms with Crippen LogP contribution in [0.2, 0.25) is 0 Å². The minimum Gasteiger partial charge on any atom is -0.504 e. The third kappa shape index (κ3) is 2.67. The minimum absolute atomic E-state index is 0.287. The second kappa shape index (κ2) is 3.53. The van der Waals surface area contributed by atoms with Crippen LogP contribution in [0, 0.1) is 11.6 Å². The highest BCUT2D eigenvalue weighted by molar-refractivity contribution is 5.33. The van der Waals surface area contributed by atoms with Crippen LogP contribution < -0.4 is 0 Å². The van der Waals surface area contributed by atoms with Crippen molar-refractivity contribution in [3.05, 3.63) is 29.3 Å². The van der Waals surface area contributed by atoms with Gasteiger partial charge in [-0.05, 0) is 6.07 Å². The summed E-state index contributed by atoms with van der Waals surface area (Å²) in [5.74, 6) is -2.03. The molecule has 0 fully saturated rings. The molecule has 0 bridgehead atoms. The molecule has 1 aromatic carbocycles. The molecular formula is C10H14F2NO+. The third-order valence-corrected chi connectivity index (χ3v) is 1.75. The number of nitrogens with zero attached hydrogens (tertiary/aromatic N) is 1. The molecule has 2 nitrogen and oxygen atoms in total. The molecule has 1 aromatic rings. The molecule has 0 aromatic heterocycles. The van der Waals surface area contributed by atoms with Crippen molar-refractivity contribution < 1.29 is 18.4 Å². The number of benzene rings is 1. The Morgan fingerprint density at radius 2 is 1.79 bits per heavy atom. The first-order valence-electron chi connectivity index (χ1n) is 4.27. The topological polar surface area (TPSA) is 20.2 Å². The van der Waals surface area contributed by atoms with Crippen molar-refractivity contribution in [1.29, 1.82) is 0 Å². The first-order chi connectivity index (χ1) is 6.29. The van der Waals surface area contributed by atoms with Gasteiger partial charge in [-0.1, -0.05) is 0 Å². The summed E-state index contributed by atoms with van der Waals surface area (Å²) >= 11 is 0. The van der Waals surface area contributed by atoms with E-state index in [-0.39, 0.29) is 5.56 Å². The maximum absolute atomic E-state index is 12.9. The molecule has 0 radical (unpaired) electrons. The highest BCUT2D eigenvalue weighted by atomic mass is 19.1. The van der Waals surface area contributed by atoms with E-state index in [2.05, 4.69) is 0 Å². The van der Waals surface area contributed by atoms with E-state index < -0.39 is 17.4 Å². The lowest BCUT2D eigenvalue weighted by atomic mass is 10.1. The van der Waals surface area contributed by atoms with Crippen molar-refractivity contribution >= 4 is 0 Å². The van der Waals surface area contributed by atoms with Crippen LogP contribution in [-0.4, -0.2) is 30.7 Å². The van der Waals surface area contributed by atoms with Gasteiger partial charge in [0.1, 0.15) is 12.4 Å². The van der Waals surface area contributed by atoms with Gasteiger partial charge in [0.15, 0.2) is 11.6 Å². The van der Waals surface area contributed by atoms with E-state index in [1.807, 2.05) is 21.1 Å². The first kappa shape index (κ1) is 10.9. The van der Waals surface area contributed by atoms with E-state index in [1.165, 1.54) is 0 Å². The van der Waals surface area contributed by atoms with Crippen molar-refractivity contribution in [3.8, 4) is 5.75 Å². The van der Waals surface area contributed by atoms with Gasteiger partial charge in [0.2, 0.25) is 0 Å². The molecule has 0 amide bonds. The molecule has 0 saturated carbocycles. The van der Waals surface area contributed by atoms with Crippen LogP contribution in [0.5, 0.6) is 5.75 Å². The van der Waals surface area contributed by atoms with Crippen LogP contribution in [-0.2, 0) is 6.54 Å². The zero-order chi connectivity index (χ0) is 10.9. The Morgan fingerprint density at radius 1 is 1.21 bits per heavy atom. The predicted molar refractivity (Wildman–Crippen MR) is 49.8 cm³/mol. The van der Waals surface area contributed by atoms with Gasteiger partial charge in [0, 0.05) is 6.07 Å². The Morgan fingerprint density at radius 3 is 2.29 bits per heavy atom. The molecule has 0 aliphatic rings. The van der Waals surface area contributed by atoms with Gasteiger partial charge in [-0.3, -0.25) is 0 Å². The largest absolute Gasteiger partial charge is 0.504 e. The van der Waals surface area contributed by atoms with Crippen LogP contribution in [0.25, 0.3) is 0 Å². The number of aromatic hydroxyl groups is 1. The molecule has 78 valence electrons. The summed E-state index contributed by atoms with van der Waals surface area (Å²) in [6.07, 6.45) is 0. The van der Waals surface area contributed by atoms with Crippen LogP contribution in [0.1, 0.15) is 5.56 Å². The summed E-state index contributed by atoms with van der Waals surface area (Å²) in [7, 11) is 5.63. The smallest absolute Gasteiger partial charge is 0.168 e. The van der Waals surface area contributed by atoms with Crippen LogP contribution in [0.15, 0.2) is 12.1 Å². The Balaban J connectivity index is 3.09. The summed E-state index contributed by atoms with van der Waals surface area (Å²) in [6.45, 7) is 0.376. The van der Waals surface area contributed by atoms with E-state index in [0.717, 1.165) is 6.07 Å². The molecular weight excluding hydrogens is 188 g/mol. The maximum atomic E-state index is 12.9. The molecule has 14 heavy (non-hydrogen) atoms. The van der Waals surface area contributed by atoms with Gasteiger partial charge >= 0.3 is 0 Å². The lowest BCUT2D eigenvalue weighted by molar-refractivity contribution is -0.884. The molecule has 1 N–H and O–H groups in total. The Bertz CT molecular complexity index is 345. The molecule has 0 aliphatic heterocycles. The second-order valence-corrected chi connectivity index (χ2v) is 4.34. The van der Waals surface area contributed by atoms with Crippen molar-refractivity contribution in [2.24, 2.45) is 0 Å². The van der Waals surface area contributed by atoms with Gasteiger partial charge in [0.25, 0.3) is 0 Å². The molecule has 0 unspecified atom stereocenters. The van der Waals surface area contributed by atoms with Crippen molar-refractivity contribution in [2.75, 3.05) is 21.1 Å². The predicted octanol–water partition coefficient (Wildman–Crippen LogP) is 1.88. The van der Waals surface area contributed by atoms with Crippen molar-refractivity contribution in [2.45, 2.75) is 6.54 Å². The lowest BCUT2D eigenvalue weighted by Crippen LogP contribution is -2.33. The Kier molecular flexibility index (Phi) is 2.76. The number of phenolic OH excluding ortho intramolecular Hbond substituents is 1. The molecule has 0 heterocycles.